The van der Waals surface area contributed by atoms with Gasteiger partial charge in [0.1, 0.15) is 11.4 Å². The van der Waals surface area contributed by atoms with Crippen molar-refractivity contribution in [2.45, 2.75) is 6.92 Å². The summed E-state index contributed by atoms with van der Waals surface area (Å²) in [5.41, 5.74) is 1.37. The number of hydrogen-bond acceptors (Lipinski definition) is 7. The number of morpholine rings is 1. The lowest BCUT2D eigenvalue weighted by molar-refractivity contribution is -0.137. The fourth-order valence-corrected chi connectivity index (χ4v) is 3.59. The molecule has 29 heavy (non-hydrogen) atoms. The van der Waals surface area contributed by atoms with Gasteiger partial charge >= 0.3 is 0 Å². The second-order valence-corrected chi connectivity index (χ2v) is 7.04. The van der Waals surface area contributed by atoms with E-state index in [1.807, 2.05) is 6.92 Å². The average molecular weight is 403 g/mol. The van der Waals surface area contributed by atoms with Crippen LogP contribution in [0, 0.1) is 0 Å². The maximum atomic E-state index is 13.2. The highest BCUT2D eigenvalue weighted by Gasteiger charge is 2.40. The normalized spacial score (nSPS) is 18.0. The van der Waals surface area contributed by atoms with E-state index in [1.165, 1.54) is 4.90 Å². The highest BCUT2D eigenvalue weighted by Crippen LogP contribution is 2.31. The van der Waals surface area contributed by atoms with Crippen molar-refractivity contribution in [3.05, 3.63) is 35.5 Å². The average Bonchev–Trinajstić information content (AvgIpc) is 2.98. The zero-order valence-corrected chi connectivity index (χ0v) is 17.1. The number of hydrogen-bond donors (Lipinski definition) is 1. The van der Waals surface area contributed by atoms with Crippen molar-refractivity contribution in [3.8, 4) is 5.75 Å². The lowest BCUT2D eigenvalue weighted by Crippen LogP contribution is -2.44. The van der Waals surface area contributed by atoms with Crippen LogP contribution in [0.4, 0.5) is 0 Å². The first-order chi connectivity index (χ1) is 14.1. The number of rotatable bonds is 9. The van der Waals surface area contributed by atoms with Gasteiger partial charge in [-0.3, -0.25) is 19.4 Å². The van der Waals surface area contributed by atoms with Gasteiger partial charge in [0, 0.05) is 39.8 Å². The first-order valence-electron chi connectivity index (χ1n) is 10.0. The van der Waals surface area contributed by atoms with E-state index in [2.05, 4.69) is 4.90 Å². The molecule has 0 spiro atoms. The number of imide groups is 1. The van der Waals surface area contributed by atoms with E-state index >= 15 is 0 Å². The van der Waals surface area contributed by atoms with Crippen molar-refractivity contribution in [1.82, 2.24) is 14.7 Å². The van der Waals surface area contributed by atoms with Crippen molar-refractivity contribution in [2.24, 2.45) is 0 Å². The third kappa shape index (κ3) is 4.77. The molecule has 0 atom stereocenters. The molecule has 8 nitrogen and oxygen atoms in total. The van der Waals surface area contributed by atoms with Crippen molar-refractivity contribution in [2.75, 3.05) is 66.2 Å². The Morgan fingerprint density at radius 2 is 1.79 bits per heavy atom. The Hall–Kier alpha value is -2.42. The molecule has 0 aliphatic carbocycles. The van der Waals surface area contributed by atoms with Gasteiger partial charge in [-0.1, -0.05) is 12.1 Å². The maximum Gasteiger partial charge on any atom is 0.277 e. The molecule has 1 aromatic carbocycles. The minimum Gasteiger partial charge on any atom is -0.494 e. The van der Waals surface area contributed by atoms with E-state index < -0.39 is 0 Å². The fourth-order valence-electron chi connectivity index (χ4n) is 3.59. The number of aliphatic hydroxyl groups excluding tert-OH is 1. The second-order valence-electron chi connectivity index (χ2n) is 7.04. The Bertz CT molecular complexity index is 756. The molecule has 0 unspecified atom stereocenters. The third-order valence-electron chi connectivity index (χ3n) is 5.16. The van der Waals surface area contributed by atoms with Crippen molar-refractivity contribution in [1.29, 1.82) is 0 Å². The first-order valence-corrected chi connectivity index (χ1v) is 10.0. The monoisotopic (exact) mass is 403 g/mol. The van der Waals surface area contributed by atoms with Gasteiger partial charge in [-0.2, -0.15) is 0 Å². The molecular formula is C21H29N3O5. The smallest absolute Gasteiger partial charge is 0.277 e. The highest BCUT2D eigenvalue weighted by molar-refractivity contribution is 6.35. The lowest BCUT2D eigenvalue weighted by Gasteiger charge is -2.28. The molecule has 3 rings (SSSR count). The zero-order valence-electron chi connectivity index (χ0n) is 17.1. The Balaban J connectivity index is 1.84. The summed E-state index contributed by atoms with van der Waals surface area (Å²) in [6.07, 6.45) is 0. The van der Waals surface area contributed by atoms with E-state index in [0.717, 1.165) is 13.1 Å². The summed E-state index contributed by atoms with van der Waals surface area (Å²) in [7, 11) is 1.72. The van der Waals surface area contributed by atoms with Crippen LogP contribution in [0.3, 0.4) is 0 Å². The van der Waals surface area contributed by atoms with Gasteiger partial charge < -0.3 is 19.5 Å². The number of amides is 2. The van der Waals surface area contributed by atoms with Gasteiger partial charge in [0.2, 0.25) is 0 Å². The van der Waals surface area contributed by atoms with Crippen molar-refractivity contribution in [3.63, 3.8) is 0 Å². The first kappa shape index (κ1) is 21.3. The summed E-state index contributed by atoms with van der Waals surface area (Å²) in [4.78, 5) is 31.5. The largest absolute Gasteiger partial charge is 0.494 e. The maximum absolute atomic E-state index is 13.2. The molecule has 8 heteroatoms. The van der Waals surface area contributed by atoms with E-state index in [0.29, 0.717) is 55.5 Å². The van der Waals surface area contributed by atoms with Crippen LogP contribution in [0.1, 0.15) is 12.5 Å². The number of carbonyl (C=O) groups excluding carboxylic acids is 2. The minimum absolute atomic E-state index is 0.105. The molecule has 0 aromatic heterocycles. The molecule has 0 radical (unpaired) electrons. The predicted octanol–water partition coefficient (Wildman–Crippen LogP) is 0.422. The molecule has 0 bridgehead atoms. The molecule has 2 heterocycles. The molecule has 1 saturated heterocycles. The van der Waals surface area contributed by atoms with Crippen LogP contribution in [0.2, 0.25) is 0 Å². The Morgan fingerprint density at radius 1 is 1.10 bits per heavy atom. The minimum atomic E-state index is -0.317. The van der Waals surface area contributed by atoms with Crippen molar-refractivity contribution < 1.29 is 24.2 Å². The topological polar surface area (TPSA) is 82.6 Å². The van der Waals surface area contributed by atoms with Crippen LogP contribution in [0.25, 0.3) is 5.57 Å². The van der Waals surface area contributed by atoms with Gasteiger partial charge in [-0.15, -0.1) is 0 Å². The molecule has 2 aliphatic heterocycles. The SMILES string of the molecule is CCOc1ccc(C2=C(N(C)CCO)C(=O)N(CCN3CCOCC3)C2=O)cc1. The number of ether oxygens (including phenoxy) is 2. The lowest BCUT2D eigenvalue weighted by atomic mass is 10.0. The highest BCUT2D eigenvalue weighted by atomic mass is 16.5. The summed E-state index contributed by atoms with van der Waals surface area (Å²) in [6.45, 7) is 6.51. The molecule has 2 amide bonds. The van der Waals surface area contributed by atoms with Crippen LogP contribution >= 0.6 is 0 Å². The third-order valence-corrected chi connectivity index (χ3v) is 5.16. The van der Waals surface area contributed by atoms with Crippen LogP contribution in [-0.2, 0) is 14.3 Å². The van der Waals surface area contributed by atoms with Crippen LogP contribution in [-0.4, -0.2) is 97.8 Å². The summed E-state index contributed by atoms with van der Waals surface area (Å²) in [6, 6.07) is 7.18. The fraction of sp³-hybridized carbons (Fsp3) is 0.524. The molecule has 158 valence electrons. The van der Waals surface area contributed by atoms with Crippen LogP contribution in [0.5, 0.6) is 5.75 Å². The van der Waals surface area contributed by atoms with Crippen molar-refractivity contribution >= 4 is 17.4 Å². The molecule has 2 aliphatic rings. The summed E-state index contributed by atoms with van der Waals surface area (Å²) in [5, 5.41) is 9.33. The molecule has 1 aromatic rings. The van der Waals surface area contributed by atoms with E-state index in [1.54, 1.807) is 36.2 Å². The molecule has 1 N–H and O–H groups in total. The Labute approximate surface area is 171 Å². The number of aliphatic hydroxyl groups is 1. The Morgan fingerprint density at radius 3 is 2.41 bits per heavy atom. The van der Waals surface area contributed by atoms with Crippen LogP contribution < -0.4 is 4.74 Å². The van der Waals surface area contributed by atoms with Gasteiger partial charge in [0.05, 0.1) is 32.0 Å². The molecular weight excluding hydrogens is 374 g/mol. The number of carbonyl (C=O) groups is 2. The van der Waals surface area contributed by atoms with E-state index in [-0.39, 0.29) is 25.0 Å². The standard InChI is InChI=1S/C21H29N3O5/c1-3-29-17-6-4-16(5-7-17)18-19(22(2)10-13-25)21(27)24(20(18)26)9-8-23-11-14-28-15-12-23/h4-7,25H,3,8-15H2,1-2H3. The second kappa shape index (κ2) is 9.87. The number of nitrogens with zero attached hydrogens (tertiary/aromatic N) is 3. The zero-order chi connectivity index (χ0) is 20.8. The quantitative estimate of drug-likeness (QED) is 0.599. The van der Waals surface area contributed by atoms with E-state index in [4.69, 9.17) is 9.47 Å². The van der Waals surface area contributed by atoms with E-state index in [9.17, 15) is 14.7 Å². The predicted molar refractivity (Wildman–Crippen MR) is 108 cm³/mol. The van der Waals surface area contributed by atoms with Gasteiger partial charge in [0.15, 0.2) is 0 Å². The van der Waals surface area contributed by atoms with Gasteiger partial charge in [-0.25, -0.2) is 0 Å². The van der Waals surface area contributed by atoms with Gasteiger partial charge in [0.25, 0.3) is 11.8 Å². The Kier molecular flexibility index (Phi) is 7.24. The molecule has 0 saturated carbocycles. The summed E-state index contributed by atoms with van der Waals surface area (Å²) in [5.74, 6) is 0.0957. The van der Waals surface area contributed by atoms with Crippen LogP contribution in [0.15, 0.2) is 30.0 Å². The summed E-state index contributed by atoms with van der Waals surface area (Å²) < 4.78 is 10.8. The number of benzene rings is 1. The van der Waals surface area contributed by atoms with Gasteiger partial charge in [-0.05, 0) is 24.6 Å². The molecule has 1 fully saturated rings. The summed E-state index contributed by atoms with van der Waals surface area (Å²) >= 11 is 0. The number of likely N-dealkylation sites (N-methyl/N-ethyl adjacent to an activating group) is 1.